The highest BCUT2D eigenvalue weighted by atomic mass is 16.5. The van der Waals surface area contributed by atoms with Gasteiger partial charge >= 0.3 is 0 Å². The lowest BCUT2D eigenvalue weighted by Crippen LogP contribution is -2.48. The van der Waals surface area contributed by atoms with Gasteiger partial charge in [-0.05, 0) is 42.5 Å². The second-order valence-corrected chi connectivity index (χ2v) is 7.03. The zero-order valence-electron chi connectivity index (χ0n) is 15.7. The number of nitrogens with zero attached hydrogens (tertiary/aromatic N) is 2. The summed E-state index contributed by atoms with van der Waals surface area (Å²) < 4.78 is 10.4. The SMILES string of the molecule is COCCN1CC(C(=O)N2CCc3ccc(OC)cc3CC2)CCC1=O. The standard InChI is InChI=1S/C20H28N2O4/c1-25-12-11-22-14-17(4-6-19(22)23)20(24)21-9-7-15-3-5-18(26-2)13-16(15)8-10-21/h3,5,13,17H,4,6-12,14H2,1-2H3. The molecule has 1 atom stereocenters. The number of fused-ring (bicyclic) bond motifs is 1. The van der Waals surface area contributed by atoms with Crippen molar-refractivity contribution in [2.24, 2.45) is 5.92 Å². The molecule has 1 aromatic carbocycles. The minimum Gasteiger partial charge on any atom is -0.497 e. The van der Waals surface area contributed by atoms with E-state index in [0.29, 0.717) is 32.5 Å². The first-order chi connectivity index (χ1) is 12.6. The number of hydrogen-bond donors (Lipinski definition) is 0. The quantitative estimate of drug-likeness (QED) is 0.799. The summed E-state index contributed by atoms with van der Waals surface area (Å²) in [5, 5.41) is 0. The number of piperidine rings is 1. The number of methoxy groups -OCH3 is 2. The summed E-state index contributed by atoms with van der Waals surface area (Å²) in [6.07, 6.45) is 2.81. The molecule has 2 aliphatic heterocycles. The molecule has 6 heteroatoms. The molecular weight excluding hydrogens is 332 g/mol. The molecule has 0 N–H and O–H groups in total. The molecule has 0 saturated carbocycles. The predicted molar refractivity (Wildman–Crippen MR) is 98.2 cm³/mol. The summed E-state index contributed by atoms with van der Waals surface area (Å²) >= 11 is 0. The fraction of sp³-hybridized carbons (Fsp3) is 0.600. The van der Waals surface area contributed by atoms with Crippen molar-refractivity contribution in [3.63, 3.8) is 0 Å². The monoisotopic (exact) mass is 360 g/mol. The molecule has 0 spiro atoms. The lowest BCUT2D eigenvalue weighted by molar-refractivity contribution is -0.143. The van der Waals surface area contributed by atoms with Crippen molar-refractivity contribution in [1.29, 1.82) is 0 Å². The van der Waals surface area contributed by atoms with Crippen LogP contribution in [0.2, 0.25) is 0 Å². The van der Waals surface area contributed by atoms with Crippen LogP contribution in [0, 0.1) is 5.92 Å². The Hall–Kier alpha value is -2.08. The fourth-order valence-electron chi connectivity index (χ4n) is 3.84. The van der Waals surface area contributed by atoms with Crippen molar-refractivity contribution in [3.8, 4) is 5.75 Å². The van der Waals surface area contributed by atoms with Gasteiger partial charge in [0.1, 0.15) is 5.75 Å². The number of benzene rings is 1. The highest BCUT2D eigenvalue weighted by molar-refractivity contribution is 5.84. The minimum absolute atomic E-state index is 0.0969. The number of carbonyl (C=O) groups excluding carboxylic acids is 2. The van der Waals surface area contributed by atoms with Gasteiger partial charge in [-0.2, -0.15) is 0 Å². The fourth-order valence-corrected chi connectivity index (χ4v) is 3.84. The zero-order chi connectivity index (χ0) is 18.5. The summed E-state index contributed by atoms with van der Waals surface area (Å²) in [7, 11) is 3.30. The van der Waals surface area contributed by atoms with Crippen LogP contribution in [0.15, 0.2) is 18.2 Å². The molecule has 2 aliphatic rings. The van der Waals surface area contributed by atoms with Crippen LogP contribution in [0.5, 0.6) is 5.75 Å². The number of amides is 2. The normalized spacial score (nSPS) is 20.5. The van der Waals surface area contributed by atoms with Gasteiger partial charge in [-0.25, -0.2) is 0 Å². The molecular formula is C20H28N2O4. The molecule has 0 bridgehead atoms. The third kappa shape index (κ3) is 4.18. The Morgan fingerprint density at radius 2 is 1.92 bits per heavy atom. The topological polar surface area (TPSA) is 59.1 Å². The van der Waals surface area contributed by atoms with Crippen LogP contribution in [0.1, 0.15) is 24.0 Å². The molecule has 1 fully saturated rings. The molecule has 3 rings (SSSR count). The Morgan fingerprint density at radius 3 is 2.65 bits per heavy atom. The Labute approximate surface area is 155 Å². The molecule has 2 amide bonds. The maximum Gasteiger partial charge on any atom is 0.227 e. The van der Waals surface area contributed by atoms with Crippen LogP contribution < -0.4 is 4.74 Å². The third-order valence-corrected chi connectivity index (χ3v) is 5.44. The van der Waals surface area contributed by atoms with Crippen molar-refractivity contribution < 1.29 is 19.1 Å². The van der Waals surface area contributed by atoms with Crippen molar-refractivity contribution in [2.75, 3.05) is 47.0 Å². The van der Waals surface area contributed by atoms with Gasteiger partial charge in [0.15, 0.2) is 0 Å². The summed E-state index contributed by atoms with van der Waals surface area (Å²) in [6.45, 7) is 3.04. The molecule has 2 heterocycles. The van der Waals surface area contributed by atoms with Crippen molar-refractivity contribution in [2.45, 2.75) is 25.7 Å². The van der Waals surface area contributed by atoms with Gasteiger partial charge in [-0.3, -0.25) is 9.59 Å². The summed E-state index contributed by atoms with van der Waals surface area (Å²) in [5.41, 5.74) is 2.56. The van der Waals surface area contributed by atoms with Gasteiger partial charge in [0.05, 0.1) is 19.6 Å². The van der Waals surface area contributed by atoms with Gasteiger partial charge in [0, 0.05) is 39.7 Å². The van der Waals surface area contributed by atoms with Crippen LogP contribution in [0.3, 0.4) is 0 Å². The Kier molecular flexibility index (Phi) is 6.14. The summed E-state index contributed by atoms with van der Waals surface area (Å²) in [5.74, 6) is 1.07. The zero-order valence-corrected chi connectivity index (χ0v) is 15.7. The first kappa shape index (κ1) is 18.7. The second-order valence-electron chi connectivity index (χ2n) is 7.03. The number of ether oxygens (including phenoxy) is 2. The maximum absolute atomic E-state index is 13.0. The first-order valence-corrected chi connectivity index (χ1v) is 9.33. The summed E-state index contributed by atoms with van der Waals surface area (Å²) in [4.78, 5) is 28.8. The number of carbonyl (C=O) groups is 2. The lowest BCUT2D eigenvalue weighted by atomic mass is 9.96. The molecule has 142 valence electrons. The van der Waals surface area contributed by atoms with E-state index in [-0.39, 0.29) is 17.7 Å². The van der Waals surface area contributed by atoms with E-state index in [1.54, 1.807) is 19.1 Å². The lowest BCUT2D eigenvalue weighted by Gasteiger charge is -2.34. The van der Waals surface area contributed by atoms with E-state index in [4.69, 9.17) is 9.47 Å². The molecule has 0 aromatic heterocycles. The van der Waals surface area contributed by atoms with E-state index < -0.39 is 0 Å². The van der Waals surface area contributed by atoms with E-state index in [2.05, 4.69) is 12.1 Å². The summed E-state index contributed by atoms with van der Waals surface area (Å²) in [6, 6.07) is 6.17. The van der Waals surface area contributed by atoms with Gasteiger partial charge in [0.25, 0.3) is 0 Å². The Balaban J connectivity index is 1.62. The number of rotatable bonds is 5. The molecule has 0 radical (unpaired) electrons. The van der Waals surface area contributed by atoms with Crippen LogP contribution in [-0.2, 0) is 27.2 Å². The largest absolute Gasteiger partial charge is 0.497 e. The highest BCUT2D eigenvalue weighted by Gasteiger charge is 2.33. The van der Waals surface area contributed by atoms with Gasteiger partial charge in [-0.1, -0.05) is 6.07 Å². The van der Waals surface area contributed by atoms with Crippen LogP contribution in [0.25, 0.3) is 0 Å². The van der Waals surface area contributed by atoms with Crippen molar-refractivity contribution in [1.82, 2.24) is 9.80 Å². The van der Waals surface area contributed by atoms with E-state index in [9.17, 15) is 9.59 Å². The van der Waals surface area contributed by atoms with E-state index >= 15 is 0 Å². The number of likely N-dealkylation sites (tertiary alicyclic amines) is 1. The third-order valence-electron chi connectivity index (χ3n) is 5.44. The molecule has 1 aromatic rings. The van der Waals surface area contributed by atoms with Crippen LogP contribution in [0.4, 0.5) is 0 Å². The van der Waals surface area contributed by atoms with E-state index in [0.717, 1.165) is 31.7 Å². The van der Waals surface area contributed by atoms with Gasteiger partial charge in [-0.15, -0.1) is 0 Å². The molecule has 6 nitrogen and oxygen atoms in total. The minimum atomic E-state index is -0.0969. The van der Waals surface area contributed by atoms with Gasteiger partial charge in [0.2, 0.25) is 11.8 Å². The van der Waals surface area contributed by atoms with Gasteiger partial charge < -0.3 is 19.3 Å². The molecule has 1 unspecified atom stereocenters. The maximum atomic E-state index is 13.0. The number of hydrogen-bond acceptors (Lipinski definition) is 4. The van der Waals surface area contributed by atoms with E-state index in [1.807, 2.05) is 11.0 Å². The van der Waals surface area contributed by atoms with Crippen molar-refractivity contribution in [3.05, 3.63) is 29.3 Å². The Morgan fingerprint density at radius 1 is 1.15 bits per heavy atom. The molecule has 0 aliphatic carbocycles. The highest BCUT2D eigenvalue weighted by Crippen LogP contribution is 2.24. The first-order valence-electron chi connectivity index (χ1n) is 9.33. The predicted octanol–water partition coefficient (Wildman–Crippen LogP) is 1.51. The van der Waals surface area contributed by atoms with Crippen molar-refractivity contribution >= 4 is 11.8 Å². The van der Waals surface area contributed by atoms with Crippen LogP contribution in [-0.4, -0.2) is 68.6 Å². The average Bonchev–Trinajstić information content (AvgIpc) is 2.88. The van der Waals surface area contributed by atoms with E-state index in [1.165, 1.54) is 11.1 Å². The Bertz CT molecular complexity index is 661. The average molecular weight is 360 g/mol. The smallest absolute Gasteiger partial charge is 0.227 e. The molecule has 1 saturated heterocycles. The molecule has 26 heavy (non-hydrogen) atoms. The second kappa shape index (κ2) is 8.54. The van der Waals surface area contributed by atoms with Crippen LogP contribution >= 0.6 is 0 Å².